The molecule has 0 atom stereocenters. The van der Waals surface area contributed by atoms with E-state index in [9.17, 15) is 4.79 Å². The quantitative estimate of drug-likeness (QED) is 0.556. The van der Waals surface area contributed by atoms with Crippen LogP contribution in [0.3, 0.4) is 0 Å². The van der Waals surface area contributed by atoms with E-state index in [1.807, 2.05) is 31.2 Å². The van der Waals surface area contributed by atoms with Crippen LogP contribution in [0.4, 0.5) is 0 Å². The highest BCUT2D eigenvalue weighted by Crippen LogP contribution is 2.23. The topological polar surface area (TPSA) is 39.2 Å². The van der Waals surface area contributed by atoms with Gasteiger partial charge in [-0.15, -0.1) is 11.8 Å². The fourth-order valence-corrected chi connectivity index (χ4v) is 2.76. The minimum absolute atomic E-state index is 0.0226. The molecule has 0 aliphatic heterocycles. The number of pyridine rings is 1. The second-order valence-electron chi connectivity index (χ2n) is 4.43. The van der Waals surface area contributed by atoms with Gasteiger partial charge in [0.15, 0.2) is 5.78 Å². The van der Waals surface area contributed by atoms with Crippen molar-refractivity contribution in [1.82, 2.24) is 4.98 Å². The predicted octanol–water partition coefficient (Wildman–Crippen LogP) is 4.50. The van der Waals surface area contributed by atoms with Crippen LogP contribution in [0.1, 0.15) is 23.7 Å². The van der Waals surface area contributed by atoms with Crippen molar-refractivity contribution in [3.8, 4) is 5.75 Å². The molecule has 1 aromatic heterocycles. The minimum atomic E-state index is 0.0226. The van der Waals surface area contributed by atoms with Crippen molar-refractivity contribution in [1.29, 1.82) is 0 Å². The molecule has 5 heteroatoms. The maximum absolute atomic E-state index is 12.2. The van der Waals surface area contributed by atoms with E-state index in [1.165, 1.54) is 11.8 Å². The number of ketones is 1. The molecule has 0 saturated heterocycles. The maximum atomic E-state index is 12.2. The van der Waals surface area contributed by atoms with Gasteiger partial charge in [0.1, 0.15) is 5.75 Å². The lowest BCUT2D eigenvalue weighted by molar-refractivity contribution is 0.102. The van der Waals surface area contributed by atoms with Crippen LogP contribution in [0.15, 0.2) is 47.6 Å². The van der Waals surface area contributed by atoms with Crippen LogP contribution in [-0.2, 0) is 0 Å². The lowest BCUT2D eigenvalue weighted by Gasteiger charge is -2.06. The molecular weight excluding hydrogens is 306 g/mol. The van der Waals surface area contributed by atoms with Crippen LogP contribution in [0.2, 0.25) is 5.02 Å². The Morgan fingerprint density at radius 3 is 2.95 bits per heavy atom. The second-order valence-corrected chi connectivity index (χ2v) is 5.91. The Labute approximate surface area is 133 Å². The first-order valence-corrected chi connectivity index (χ1v) is 8.05. The van der Waals surface area contributed by atoms with Crippen molar-refractivity contribution < 1.29 is 9.53 Å². The number of carbonyl (C=O) groups is 1. The molecule has 0 aliphatic rings. The number of rotatable bonds is 7. The van der Waals surface area contributed by atoms with Crippen molar-refractivity contribution >= 4 is 29.1 Å². The van der Waals surface area contributed by atoms with Crippen molar-refractivity contribution in [2.24, 2.45) is 0 Å². The van der Waals surface area contributed by atoms with E-state index >= 15 is 0 Å². The molecule has 0 unspecified atom stereocenters. The van der Waals surface area contributed by atoms with E-state index in [0.29, 0.717) is 28.7 Å². The summed E-state index contributed by atoms with van der Waals surface area (Å²) in [5.74, 6) is 1.00. The largest absolute Gasteiger partial charge is 0.492 e. The first kappa shape index (κ1) is 15.9. The van der Waals surface area contributed by atoms with E-state index in [4.69, 9.17) is 16.3 Å². The second kappa shape index (κ2) is 8.05. The fourth-order valence-electron chi connectivity index (χ4n) is 1.66. The van der Waals surface area contributed by atoms with Gasteiger partial charge in [0.2, 0.25) is 0 Å². The van der Waals surface area contributed by atoms with Crippen LogP contribution < -0.4 is 4.74 Å². The molecule has 0 bridgehead atoms. The van der Waals surface area contributed by atoms with Gasteiger partial charge >= 0.3 is 0 Å². The summed E-state index contributed by atoms with van der Waals surface area (Å²) in [5, 5.41) is 0.670. The first-order chi connectivity index (χ1) is 10.2. The fraction of sp³-hybridized carbons (Fsp3) is 0.250. The number of halogens is 1. The molecule has 2 aromatic rings. The highest BCUT2D eigenvalue weighted by molar-refractivity contribution is 8.00. The van der Waals surface area contributed by atoms with Crippen molar-refractivity contribution in [3.63, 3.8) is 0 Å². The number of thioether (sulfide) groups is 1. The molecule has 0 aliphatic carbocycles. The highest BCUT2D eigenvalue weighted by atomic mass is 35.5. The molecule has 0 amide bonds. The van der Waals surface area contributed by atoms with Crippen LogP contribution in [0.5, 0.6) is 5.75 Å². The van der Waals surface area contributed by atoms with Gasteiger partial charge in [-0.05, 0) is 30.7 Å². The lowest BCUT2D eigenvalue weighted by Crippen LogP contribution is -2.04. The summed E-state index contributed by atoms with van der Waals surface area (Å²) in [6.45, 7) is 2.65. The number of benzene rings is 1. The summed E-state index contributed by atoms with van der Waals surface area (Å²) in [6.07, 6.45) is 4.11. The summed E-state index contributed by atoms with van der Waals surface area (Å²) < 4.78 is 5.49. The number of carbonyl (C=O) groups excluding carboxylic acids is 1. The zero-order chi connectivity index (χ0) is 15.1. The number of aromatic nitrogens is 1. The molecule has 21 heavy (non-hydrogen) atoms. The number of hydrogen-bond acceptors (Lipinski definition) is 4. The van der Waals surface area contributed by atoms with Crippen LogP contribution in [0, 0.1) is 0 Å². The molecule has 0 N–H and O–H groups in total. The lowest BCUT2D eigenvalue weighted by atomic mass is 10.2. The molecular formula is C16H16ClNO2S. The van der Waals surface area contributed by atoms with Crippen LogP contribution in [-0.4, -0.2) is 23.1 Å². The highest BCUT2D eigenvalue weighted by Gasteiger charge is 2.09. The third kappa shape index (κ3) is 5.06. The number of hydrogen-bond donors (Lipinski definition) is 0. The van der Waals surface area contributed by atoms with Gasteiger partial charge in [-0.2, -0.15) is 0 Å². The Balaban J connectivity index is 1.96. The van der Waals surface area contributed by atoms with Crippen LogP contribution >= 0.6 is 23.4 Å². The molecule has 2 rings (SSSR count). The molecule has 1 heterocycles. The summed E-state index contributed by atoms with van der Waals surface area (Å²) in [5.41, 5.74) is 0.568. The van der Waals surface area contributed by atoms with Crippen molar-refractivity contribution in [3.05, 3.63) is 53.3 Å². The third-order valence-corrected chi connectivity index (χ3v) is 3.90. The predicted molar refractivity (Wildman–Crippen MR) is 86.5 cm³/mol. The van der Waals surface area contributed by atoms with Gasteiger partial charge in [0.25, 0.3) is 0 Å². The van der Waals surface area contributed by atoms with E-state index in [2.05, 4.69) is 4.98 Å². The Kier molecular flexibility index (Phi) is 6.08. The van der Waals surface area contributed by atoms with Gasteiger partial charge < -0.3 is 4.74 Å². The Morgan fingerprint density at radius 2 is 2.19 bits per heavy atom. The zero-order valence-corrected chi connectivity index (χ0v) is 13.3. The number of ether oxygens (including phenoxy) is 1. The molecule has 0 fully saturated rings. The van der Waals surface area contributed by atoms with E-state index in [0.717, 1.165) is 11.3 Å². The molecule has 1 aromatic carbocycles. The number of Topliss-reactive ketones (excluding diaryl/α,β-unsaturated/α-hetero) is 1. The summed E-state index contributed by atoms with van der Waals surface area (Å²) in [6, 6.07) is 9.20. The summed E-state index contributed by atoms with van der Waals surface area (Å²) in [7, 11) is 0. The third-order valence-electron chi connectivity index (χ3n) is 2.67. The van der Waals surface area contributed by atoms with E-state index < -0.39 is 0 Å². The molecule has 110 valence electrons. The average Bonchev–Trinajstić information content (AvgIpc) is 2.51. The number of nitrogens with zero attached hydrogens (tertiary/aromatic N) is 1. The van der Waals surface area contributed by atoms with Gasteiger partial charge in [0.05, 0.1) is 18.6 Å². The van der Waals surface area contributed by atoms with E-state index in [1.54, 1.807) is 18.5 Å². The Bertz CT molecular complexity index is 619. The molecule has 3 nitrogen and oxygen atoms in total. The van der Waals surface area contributed by atoms with Crippen LogP contribution in [0.25, 0.3) is 0 Å². The first-order valence-electron chi connectivity index (χ1n) is 6.68. The summed E-state index contributed by atoms with van der Waals surface area (Å²) in [4.78, 5) is 17.2. The SMILES string of the molecule is CCCOc1cncc(C(=O)CSc2cccc(Cl)c2)c1. The Hall–Kier alpha value is -1.52. The smallest absolute Gasteiger partial charge is 0.174 e. The normalized spacial score (nSPS) is 10.4. The average molecular weight is 322 g/mol. The molecule has 0 spiro atoms. The van der Waals surface area contributed by atoms with Gasteiger partial charge in [-0.1, -0.05) is 24.6 Å². The van der Waals surface area contributed by atoms with Gasteiger partial charge in [0, 0.05) is 21.7 Å². The summed E-state index contributed by atoms with van der Waals surface area (Å²) >= 11 is 7.38. The van der Waals surface area contributed by atoms with Gasteiger partial charge in [-0.25, -0.2) is 0 Å². The Morgan fingerprint density at radius 1 is 1.33 bits per heavy atom. The molecule has 0 saturated carbocycles. The van der Waals surface area contributed by atoms with Gasteiger partial charge in [-0.3, -0.25) is 9.78 Å². The van der Waals surface area contributed by atoms with E-state index in [-0.39, 0.29) is 5.78 Å². The van der Waals surface area contributed by atoms with Crippen molar-refractivity contribution in [2.45, 2.75) is 18.2 Å². The maximum Gasteiger partial charge on any atom is 0.174 e. The standard InChI is InChI=1S/C16H16ClNO2S/c1-2-6-20-14-7-12(9-18-10-14)16(19)11-21-15-5-3-4-13(17)8-15/h3-5,7-10H,2,6,11H2,1H3. The zero-order valence-electron chi connectivity index (χ0n) is 11.7. The molecule has 0 radical (unpaired) electrons. The minimum Gasteiger partial charge on any atom is -0.492 e. The van der Waals surface area contributed by atoms with Crippen molar-refractivity contribution in [2.75, 3.05) is 12.4 Å². The monoisotopic (exact) mass is 321 g/mol.